The summed E-state index contributed by atoms with van der Waals surface area (Å²) in [5.41, 5.74) is 0.952. The van der Waals surface area contributed by atoms with Gasteiger partial charge in [0.2, 0.25) is 0 Å². The lowest BCUT2D eigenvalue weighted by Crippen LogP contribution is -2.33. The highest BCUT2D eigenvalue weighted by atomic mass is 16.6. The van der Waals surface area contributed by atoms with Crippen LogP contribution < -0.4 is 5.32 Å². The van der Waals surface area contributed by atoms with Crippen LogP contribution in [0.2, 0.25) is 0 Å². The first kappa shape index (κ1) is 14.7. The molecule has 0 radical (unpaired) electrons. The molecule has 2 N–H and O–H groups in total. The van der Waals surface area contributed by atoms with Gasteiger partial charge in [0.25, 0.3) is 5.91 Å². The SMILES string of the molecule is O=C(NCC(O)Cc1ccccc1)c1ccc([N+](=O)[O-])o1. The Balaban J connectivity index is 1.84. The molecule has 1 aromatic carbocycles. The summed E-state index contributed by atoms with van der Waals surface area (Å²) < 4.78 is 4.76. The van der Waals surface area contributed by atoms with E-state index in [9.17, 15) is 20.0 Å². The Hall–Kier alpha value is -2.67. The van der Waals surface area contributed by atoms with Gasteiger partial charge in [-0.1, -0.05) is 30.3 Å². The molecule has 1 atom stereocenters. The highest BCUT2D eigenvalue weighted by Gasteiger charge is 2.17. The molecule has 0 aliphatic carbocycles. The van der Waals surface area contributed by atoms with Gasteiger partial charge in [-0.2, -0.15) is 0 Å². The molecule has 7 nitrogen and oxygen atoms in total. The van der Waals surface area contributed by atoms with Crippen molar-refractivity contribution in [2.75, 3.05) is 6.54 Å². The summed E-state index contributed by atoms with van der Waals surface area (Å²) in [7, 11) is 0. The smallest absolute Gasteiger partial charge is 0.395 e. The minimum Gasteiger partial charge on any atom is -0.395 e. The van der Waals surface area contributed by atoms with Crippen LogP contribution in [0.5, 0.6) is 0 Å². The molecule has 110 valence electrons. The second-order valence-electron chi connectivity index (χ2n) is 4.45. The lowest BCUT2D eigenvalue weighted by molar-refractivity contribution is -0.402. The van der Waals surface area contributed by atoms with Crippen LogP contribution in [0.1, 0.15) is 16.1 Å². The molecule has 21 heavy (non-hydrogen) atoms. The number of nitrogens with zero attached hydrogens (tertiary/aromatic N) is 1. The monoisotopic (exact) mass is 290 g/mol. The molecule has 0 saturated carbocycles. The summed E-state index contributed by atoms with van der Waals surface area (Å²) in [6, 6.07) is 11.7. The zero-order chi connectivity index (χ0) is 15.2. The molecule has 0 aliphatic heterocycles. The number of furan rings is 1. The number of aliphatic hydroxyl groups excluding tert-OH is 1. The number of nitrogens with one attached hydrogen (secondary N) is 1. The molecular formula is C14H14N2O5. The van der Waals surface area contributed by atoms with Gasteiger partial charge < -0.3 is 14.8 Å². The third kappa shape index (κ3) is 4.15. The molecule has 0 fully saturated rings. The first-order valence-corrected chi connectivity index (χ1v) is 6.30. The molecule has 0 aliphatic rings. The number of benzene rings is 1. The van der Waals surface area contributed by atoms with Crippen molar-refractivity contribution in [3.63, 3.8) is 0 Å². The molecule has 1 aromatic heterocycles. The van der Waals surface area contributed by atoms with Gasteiger partial charge in [-0.05, 0) is 11.6 Å². The van der Waals surface area contributed by atoms with Crippen LogP contribution in [0.3, 0.4) is 0 Å². The standard InChI is InChI=1S/C14H14N2O5/c17-11(8-10-4-2-1-3-5-10)9-15-14(18)12-6-7-13(21-12)16(19)20/h1-7,11,17H,8-9H2,(H,15,18). The van der Waals surface area contributed by atoms with Crippen molar-refractivity contribution >= 4 is 11.8 Å². The fourth-order valence-corrected chi connectivity index (χ4v) is 1.80. The molecule has 1 unspecified atom stereocenters. The number of nitro groups is 1. The van der Waals surface area contributed by atoms with Crippen molar-refractivity contribution in [2.45, 2.75) is 12.5 Å². The van der Waals surface area contributed by atoms with Crippen LogP contribution >= 0.6 is 0 Å². The summed E-state index contributed by atoms with van der Waals surface area (Å²) in [5.74, 6) is -1.26. The van der Waals surface area contributed by atoms with E-state index in [1.54, 1.807) is 0 Å². The van der Waals surface area contributed by atoms with Crippen LogP contribution in [0.4, 0.5) is 5.88 Å². The Morgan fingerprint density at radius 2 is 2.00 bits per heavy atom. The maximum Gasteiger partial charge on any atom is 0.433 e. The van der Waals surface area contributed by atoms with E-state index in [0.717, 1.165) is 11.6 Å². The fourth-order valence-electron chi connectivity index (χ4n) is 1.80. The summed E-state index contributed by atoms with van der Waals surface area (Å²) >= 11 is 0. The van der Waals surface area contributed by atoms with Gasteiger partial charge in [-0.15, -0.1) is 0 Å². The average molecular weight is 290 g/mol. The van der Waals surface area contributed by atoms with Gasteiger partial charge in [-0.25, -0.2) is 0 Å². The van der Waals surface area contributed by atoms with Crippen LogP contribution in [-0.2, 0) is 6.42 Å². The Morgan fingerprint density at radius 1 is 1.29 bits per heavy atom. The van der Waals surface area contributed by atoms with Crippen molar-refractivity contribution in [1.82, 2.24) is 5.32 Å². The molecule has 1 heterocycles. The topological polar surface area (TPSA) is 106 Å². The largest absolute Gasteiger partial charge is 0.433 e. The van der Waals surface area contributed by atoms with Crippen molar-refractivity contribution in [1.29, 1.82) is 0 Å². The number of carbonyl (C=O) groups is 1. The van der Waals surface area contributed by atoms with E-state index in [-0.39, 0.29) is 12.3 Å². The number of aliphatic hydroxyl groups is 1. The van der Waals surface area contributed by atoms with Crippen molar-refractivity contribution in [3.05, 3.63) is 63.9 Å². The van der Waals surface area contributed by atoms with Gasteiger partial charge in [-0.3, -0.25) is 14.9 Å². The summed E-state index contributed by atoms with van der Waals surface area (Å²) in [6.45, 7) is 0.0300. The van der Waals surface area contributed by atoms with Crippen LogP contribution in [0.25, 0.3) is 0 Å². The Morgan fingerprint density at radius 3 is 2.62 bits per heavy atom. The molecule has 2 rings (SSSR count). The fraction of sp³-hybridized carbons (Fsp3) is 0.214. The number of hydrogen-bond donors (Lipinski definition) is 2. The molecule has 1 amide bonds. The lowest BCUT2D eigenvalue weighted by Gasteiger charge is -2.11. The van der Waals surface area contributed by atoms with Gasteiger partial charge in [0.05, 0.1) is 12.2 Å². The zero-order valence-corrected chi connectivity index (χ0v) is 11.1. The molecule has 7 heteroatoms. The van der Waals surface area contributed by atoms with Crippen LogP contribution in [-0.4, -0.2) is 28.6 Å². The molecule has 0 spiro atoms. The highest BCUT2D eigenvalue weighted by Crippen LogP contribution is 2.15. The van der Waals surface area contributed by atoms with E-state index in [4.69, 9.17) is 4.42 Å². The second kappa shape index (κ2) is 6.67. The minimum absolute atomic E-state index is 0.0300. The third-order valence-corrected chi connectivity index (χ3v) is 2.81. The summed E-state index contributed by atoms with van der Waals surface area (Å²) in [6.07, 6.45) is -0.347. The molecular weight excluding hydrogens is 276 g/mol. The molecule has 0 saturated heterocycles. The van der Waals surface area contributed by atoms with Crippen LogP contribution in [0.15, 0.2) is 46.9 Å². The maximum atomic E-state index is 11.7. The predicted molar refractivity (Wildman–Crippen MR) is 73.8 cm³/mol. The summed E-state index contributed by atoms with van der Waals surface area (Å²) in [5, 5.41) is 22.8. The van der Waals surface area contributed by atoms with E-state index in [0.29, 0.717) is 6.42 Å². The lowest BCUT2D eigenvalue weighted by atomic mass is 10.1. The molecule has 2 aromatic rings. The quantitative estimate of drug-likeness (QED) is 0.619. The highest BCUT2D eigenvalue weighted by molar-refractivity contribution is 5.91. The van der Waals surface area contributed by atoms with Crippen molar-refractivity contribution in [3.8, 4) is 0 Å². The minimum atomic E-state index is -0.749. The first-order chi connectivity index (χ1) is 10.1. The first-order valence-electron chi connectivity index (χ1n) is 6.30. The van der Waals surface area contributed by atoms with Crippen molar-refractivity contribution in [2.24, 2.45) is 0 Å². The van der Waals surface area contributed by atoms with Gasteiger partial charge in [0.1, 0.15) is 4.92 Å². The maximum absolute atomic E-state index is 11.7. The third-order valence-electron chi connectivity index (χ3n) is 2.81. The zero-order valence-electron chi connectivity index (χ0n) is 11.1. The number of hydrogen-bond acceptors (Lipinski definition) is 5. The van der Waals surface area contributed by atoms with Crippen LogP contribution in [0, 0.1) is 10.1 Å². The Kier molecular flexibility index (Phi) is 4.68. The van der Waals surface area contributed by atoms with Gasteiger partial charge >= 0.3 is 5.88 Å². The van der Waals surface area contributed by atoms with E-state index >= 15 is 0 Å². The second-order valence-corrected chi connectivity index (χ2v) is 4.45. The normalized spacial score (nSPS) is 11.9. The van der Waals surface area contributed by atoms with E-state index in [1.165, 1.54) is 6.07 Å². The van der Waals surface area contributed by atoms with Gasteiger partial charge in [0, 0.05) is 13.0 Å². The Bertz CT molecular complexity index is 623. The van der Waals surface area contributed by atoms with Crippen molar-refractivity contribution < 1.29 is 19.2 Å². The number of carbonyl (C=O) groups excluding carboxylic acids is 1. The number of amides is 1. The molecule has 0 bridgehead atoms. The number of rotatable bonds is 6. The van der Waals surface area contributed by atoms with E-state index in [1.807, 2.05) is 30.3 Å². The van der Waals surface area contributed by atoms with E-state index in [2.05, 4.69) is 5.32 Å². The Labute approximate surface area is 120 Å². The average Bonchev–Trinajstić information content (AvgIpc) is 2.96. The van der Waals surface area contributed by atoms with Gasteiger partial charge in [0.15, 0.2) is 5.76 Å². The predicted octanol–water partition coefficient (Wildman–Crippen LogP) is 1.52. The van der Waals surface area contributed by atoms with E-state index < -0.39 is 22.8 Å². The summed E-state index contributed by atoms with van der Waals surface area (Å²) in [4.78, 5) is 21.4.